The van der Waals surface area contributed by atoms with E-state index in [2.05, 4.69) is 5.32 Å². The second kappa shape index (κ2) is 10.9. The molecule has 0 aliphatic carbocycles. The number of carbonyl (C=O) groups is 3. The Morgan fingerprint density at radius 3 is 2.25 bits per heavy atom. The fourth-order valence-electron chi connectivity index (χ4n) is 3.18. The number of hydrogen-bond acceptors (Lipinski definition) is 5. The molecule has 32 heavy (non-hydrogen) atoms. The number of amides is 2. The van der Waals surface area contributed by atoms with Crippen molar-refractivity contribution in [3.63, 3.8) is 0 Å². The van der Waals surface area contributed by atoms with Gasteiger partial charge in [0.05, 0.1) is 11.9 Å². The minimum Gasteiger partial charge on any atom is -0.355 e. The summed E-state index contributed by atoms with van der Waals surface area (Å²) in [5, 5.41) is 2.70. The van der Waals surface area contributed by atoms with E-state index in [0.717, 1.165) is 16.1 Å². The van der Waals surface area contributed by atoms with Gasteiger partial charge in [-0.3, -0.25) is 18.7 Å². The van der Waals surface area contributed by atoms with E-state index in [1.165, 1.54) is 24.0 Å². The van der Waals surface area contributed by atoms with Gasteiger partial charge in [0, 0.05) is 18.7 Å². The quantitative estimate of drug-likeness (QED) is 0.549. The van der Waals surface area contributed by atoms with Gasteiger partial charge in [0.25, 0.3) is 0 Å². The van der Waals surface area contributed by atoms with Gasteiger partial charge >= 0.3 is 0 Å². The number of Topliss-reactive ketones (excluding diaryl/α,β-unsaturated/α-hetero) is 1. The minimum atomic E-state index is -3.84. The minimum absolute atomic E-state index is 0.142. The van der Waals surface area contributed by atoms with E-state index < -0.39 is 28.5 Å². The van der Waals surface area contributed by atoms with Crippen LogP contribution >= 0.6 is 0 Å². The molecule has 2 amide bonds. The van der Waals surface area contributed by atoms with Gasteiger partial charge in [0.1, 0.15) is 12.6 Å². The van der Waals surface area contributed by atoms with Crippen molar-refractivity contribution in [2.75, 3.05) is 23.7 Å². The Balaban J connectivity index is 2.40. The number of rotatable bonds is 10. The smallest absolute Gasteiger partial charge is 0.244 e. The molecular formula is C23H29N3O5S. The molecule has 2 rings (SSSR count). The second-order valence-electron chi connectivity index (χ2n) is 7.45. The van der Waals surface area contributed by atoms with Crippen LogP contribution in [0.4, 0.5) is 5.69 Å². The largest absolute Gasteiger partial charge is 0.355 e. The third-order valence-electron chi connectivity index (χ3n) is 4.93. The predicted molar refractivity (Wildman–Crippen MR) is 124 cm³/mol. The molecule has 0 aromatic heterocycles. The van der Waals surface area contributed by atoms with Crippen molar-refractivity contribution in [2.24, 2.45) is 0 Å². The van der Waals surface area contributed by atoms with Crippen LogP contribution in [0.3, 0.4) is 0 Å². The molecule has 0 aliphatic heterocycles. The third kappa shape index (κ3) is 6.65. The van der Waals surface area contributed by atoms with Crippen LogP contribution in [-0.2, 0) is 26.2 Å². The Kier molecular flexibility index (Phi) is 8.54. The highest BCUT2D eigenvalue weighted by Gasteiger charge is 2.30. The second-order valence-corrected chi connectivity index (χ2v) is 9.36. The molecule has 0 saturated carbocycles. The number of hydrogen-bond donors (Lipinski definition) is 1. The van der Waals surface area contributed by atoms with Crippen molar-refractivity contribution in [3.05, 3.63) is 65.7 Å². The van der Waals surface area contributed by atoms with Gasteiger partial charge in [0.2, 0.25) is 21.8 Å². The Morgan fingerprint density at radius 1 is 1.03 bits per heavy atom. The van der Waals surface area contributed by atoms with Crippen LogP contribution in [-0.4, -0.2) is 56.3 Å². The first-order valence-electron chi connectivity index (χ1n) is 10.2. The summed E-state index contributed by atoms with van der Waals surface area (Å²) in [6.07, 6.45) is 0.996. The first kappa shape index (κ1) is 25.1. The Bertz CT molecular complexity index is 1070. The van der Waals surface area contributed by atoms with E-state index in [0.29, 0.717) is 12.1 Å². The summed E-state index contributed by atoms with van der Waals surface area (Å²) in [5.41, 5.74) is 1.35. The average Bonchev–Trinajstić information content (AvgIpc) is 2.75. The summed E-state index contributed by atoms with van der Waals surface area (Å²) in [6.45, 7) is 4.81. The Labute approximate surface area is 189 Å². The molecule has 0 spiro atoms. The summed E-state index contributed by atoms with van der Waals surface area (Å²) in [7, 11) is -3.84. The van der Waals surface area contributed by atoms with Crippen LogP contribution < -0.4 is 9.62 Å². The summed E-state index contributed by atoms with van der Waals surface area (Å²) in [5.74, 6) is -1.09. The molecule has 1 atom stereocenters. The summed E-state index contributed by atoms with van der Waals surface area (Å²) in [6, 6.07) is 14.4. The molecule has 1 N–H and O–H groups in total. The normalized spacial score (nSPS) is 12.0. The number of nitrogens with zero attached hydrogens (tertiary/aromatic N) is 2. The van der Waals surface area contributed by atoms with E-state index in [1.54, 1.807) is 26.0 Å². The van der Waals surface area contributed by atoms with Gasteiger partial charge in [0.15, 0.2) is 5.78 Å². The lowest BCUT2D eigenvalue weighted by Crippen LogP contribution is -2.51. The summed E-state index contributed by atoms with van der Waals surface area (Å²) in [4.78, 5) is 38.9. The average molecular weight is 460 g/mol. The van der Waals surface area contributed by atoms with Crippen LogP contribution in [0.15, 0.2) is 54.6 Å². The predicted octanol–water partition coefficient (Wildman–Crippen LogP) is 2.21. The van der Waals surface area contributed by atoms with E-state index in [9.17, 15) is 22.8 Å². The van der Waals surface area contributed by atoms with Gasteiger partial charge in [-0.1, -0.05) is 42.5 Å². The van der Waals surface area contributed by atoms with Crippen molar-refractivity contribution in [1.29, 1.82) is 0 Å². The first-order valence-corrected chi connectivity index (χ1v) is 12.1. The first-order chi connectivity index (χ1) is 15.0. The molecule has 0 radical (unpaired) electrons. The highest BCUT2D eigenvalue weighted by molar-refractivity contribution is 7.92. The maximum atomic E-state index is 13.3. The topological polar surface area (TPSA) is 104 Å². The van der Waals surface area contributed by atoms with Crippen LogP contribution in [0.5, 0.6) is 0 Å². The van der Waals surface area contributed by atoms with E-state index in [1.807, 2.05) is 30.3 Å². The Morgan fingerprint density at radius 2 is 1.69 bits per heavy atom. The number of sulfonamides is 1. The fraction of sp³-hybridized carbons (Fsp3) is 0.348. The zero-order chi connectivity index (χ0) is 23.9. The van der Waals surface area contributed by atoms with Crippen molar-refractivity contribution in [3.8, 4) is 0 Å². The van der Waals surface area contributed by atoms with Gasteiger partial charge in [-0.05, 0) is 38.5 Å². The lowest BCUT2D eigenvalue weighted by molar-refractivity contribution is -0.139. The molecule has 0 aliphatic rings. The molecule has 2 aromatic carbocycles. The molecule has 0 bridgehead atoms. The van der Waals surface area contributed by atoms with Gasteiger partial charge < -0.3 is 10.2 Å². The van der Waals surface area contributed by atoms with Crippen molar-refractivity contribution >= 4 is 33.3 Å². The molecule has 8 nitrogen and oxygen atoms in total. The van der Waals surface area contributed by atoms with Crippen molar-refractivity contribution < 1.29 is 22.8 Å². The van der Waals surface area contributed by atoms with Gasteiger partial charge in [-0.25, -0.2) is 8.42 Å². The van der Waals surface area contributed by atoms with Gasteiger partial charge in [-0.2, -0.15) is 0 Å². The highest BCUT2D eigenvalue weighted by Crippen LogP contribution is 2.21. The highest BCUT2D eigenvalue weighted by atomic mass is 32.2. The van der Waals surface area contributed by atoms with Crippen molar-refractivity contribution in [1.82, 2.24) is 10.2 Å². The molecule has 0 unspecified atom stereocenters. The van der Waals surface area contributed by atoms with Crippen LogP contribution in [0, 0.1) is 0 Å². The zero-order valence-corrected chi connectivity index (χ0v) is 19.6. The maximum absolute atomic E-state index is 13.3. The van der Waals surface area contributed by atoms with Crippen molar-refractivity contribution in [2.45, 2.75) is 33.4 Å². The number of likely N-dealkylation sites (N-methyl/N-ethyl adjacent to an activating group) is 1. The summed E-state index contributed by atoms with van der Waals surface area (Å²) < 4.78 is 26.0. The lowest BCUT2D eigenvalue weighted by atomic mass is 10.1. The monoisotopic (exact) mass is 459 g/mol. The molecule has 0 fully saturated rings. The molecule has 2 aromatic rings. The lowest BCUT2D eigenvalue weighted by Gasteiger charge is -2.31. The maximum Gasteiger partial charge on any atom is 0.244 e. The third-order valence-corrected chi connectivity index (χ3v) is 6.07. The molecule has 0 saturated heterocycles. The van der Waals surface area contributed by atoms with Crippen LogP contribution in [0.25, 0.3) is 0 Å². The zero-order valence-electron chi connectivity index (χ0n) is 18.7. The van der Waals surface area contributed by atoms with E-state index >= 15 is 0 Å². The molecule has 172 valence electrons. The Hall–Kier alpha value is -3.20. The standard InChI is InChI=1S/C23H29N3O5S/c1-5-24-23(29)17(2)25(15-19-10-7-6-8-11-19)22(28)16-26(32(4,30)31)21-13-9-12-20(14-21)18(3)27/h6-14,17H,5,15-16H2,1-4H3,(H,24,29)/t17-/m0/s1. The van der Waals surface area contributed by atoms with E-state index in [4.69, 9.17) is 0 Å². The van der Waals surface area contributed by atoms with Gasteiger partial charge in [-0.15, -0.1) is 0 Å². The number of ketones is 1. The number of nitrogens with one attached hydrogen (secondary N) is 1. The number of benzene rings is 2. The summed E-state index contributed by atoms with van der Waals surface area (Å²) >= 11 is 0. The van der Waals surface area contributed by atoms with Crippen LogP contribution in [0.2, 0.25) is 0 Å². The molecular weight excluding hydrogens is 430 g/mol. The fourth-order valence-corrected chi connectivity index (χ4v) is 4.02. The van der Waals surface area contributed by atoms with Crippen LogP contribution in [0.1, 0.15) is 36.7 Å². The number of anilines is 1. The number of carbonyl (C=O) groups excluding carboxylic acids is 3. The SMILES string of the molecule is CCNC(=O)[C@H](C)N(Cc1ccccc1)C(=O)CN(c1cccc(C(C)=O)c1)S(C)(=O)=O. The molecule has 0 heterocycles. The molecule has 9 heteroatoms. The van der Waals surface area contributed by atoms with E-state index in [-0.39, 0.29) is 23.9 Å².